The quantitative estimate of drug-likeness (QED) is 0.570. The van der Waals surface area contributed by atoms with Crippen molar-refractivity contribution >= 4 is 46.5 Å². The summed E-state index contributed by atoms with van der Waals surface area (Å²) < 4.78 is 5.06. The first-order valence-corrected chi connectivity index (χ1v) is 8.63. The number of aryl methyl sites for hydroxylation is 1. The molecule has 1 N–H and O–H groups in total. The highest BCUT2D eigenvalue weighted by Gasteiger charge is 2.14. The molecule has 0 radical (unpaired) electrons. The third-order valence-electron chi connectivity index (χ3n) is 3.64. The molecular formula is C19H17Cl2NO4. The number of benzene rings is 2. The average Bonchev–Trinajstić information content (AvgIpc) is 2.63. The van der Waals surface area contributed by atoms with E-state index in [2.05, 4.69) is 5.32 Å². The van der Waals surface area contributed by atoms with Gasteiger partial charge in [-0.3, -0.25) is 9.59 Å². The predicted molar refractivity (Wildman–Crippen MR) is 101 cm³/mol. The Bertz CT molecular complexity index is 865. The van der Waals surface area contributed by atoms with Gasteiger partial charge in [-0.2, -0.15) is 0 Å². The van der Waals surface area contributed by atoms with Crippen LogP contribution < -0.4 is 5.32 Å². The number of rotatable bonds is 6. The molecule has 0 saturated carbocycles. The van der Waals surface area contributed by atoms with Gasteiger partial charge in [-0.05, 0) is 42.8 Å². The van der Waals surface area contributed by atoms with Crippen molar-refractivity contribution in [1.82, 2.24) is 0 Å². The highest BCUT2D eigenvalue weighted by molar-refractivity contribution is 6.42. The van der Waals surface area contributed by atoms with E-state index >= 15 is 0 Å². The summed E-state index contributed by atoms with van der Waals surface area (Å²) in [6, 6.07) is 9.22. The van der Waals surface area contributed by atoms with Crippen LogP contribution in [-0.4, -0.2) is 24.3 Å². The lowest BCUT2D eigenvalue weighted by molar-refractivity contribution is -0.115. The van der Waals surface area contributed by atoms with Crippen molar-refractivity contribution in [2.75, 3.05) is 11.9 Å². The van der Waals surface area contributed by atoms with Gasteiger partial charge in [0.15, 0.2) is 12.4 Å². The second-order valence-electron chi connectivity index (χ2n) is 5.56. The number of hydrogen-bond acceptors (Lipinski definition) is 4. The molecule has 0 aliphatic rings. The van der Waals surface area contributed by atoms with Crippen LogP contribution in [-0.2, 0) is 9.53 Å². The van der Waals surface area contributed by atoms with Crippen molar-refractivity contribution in [3.8, 4) is 0 Å². The number of amides is 1. The Kier molecular flexibility index (Phi) is 6.77. The molecule has 0 aliphatic heterocycles. The Labute approximate surface area is 161 Å². The molecule has 0 fully saturated rings. The first-order chi connectivity index (χ1) is 12.3. The highest BCUT2D eigenvalue weighted by atomic mass is 35.5. The highest BCUT2D eigenvalue weighted by Crippen LogP contribution is 2.23. The molecule has 7 heteroatoms. The number of carbonyl (C=O) groups is 3. The summed E-state index contributed by atoms with van der Waals surface area (Å²) in [4.78, 5) is 35.8. The number of ketones is 1. The summed E-state index contributed by atoms with van der Waals surface area (Å²) in [5.74, 6) is -1.22. The van der Waals surface area contributed by atoms with Crippen LogP contribution in [0.5, 0.6) is 0 Å². The molecule has 5 nitrogen and oxygen atoms in total. The first kappa shape index (κ1) is 19.9. The fourth-order valence-corrected chi connectivity index (χ4v) is 2.39. The van der Waals surface area contributed by atoms with Crippen molar-refractivity contribution in [3.05, 3.63) is 63.1 Å². The Morgan fingerprint density at radius 3 is 2.35 bits per heavy atom. The molecule has 0 bridgehead atoms. The SMILES string of the molecule is CCC(=O)Nc1cc(C(=O)OCC(=O)c2ccc(Cl)c(Cl)c2)ccc1C. The van der Waals surface area contributed by atoms with E-state index in [0.29, 0.717) is 22.7 Å². The fourth-order valence-electron chi connectivity index (χ4n) is 2.09. The minimum absolute atomic E-state index is 0.159. The third kappa shape index (κ3) is 5.07. The molecule has 26 heavy (non-hydrogen) atoms. The minimum atomic E-state index is -0.662. The van der Waals surface area contributed by atoms with Gasteiger partial charge in [-0.25, -0.2) is 4.79 Å². The number of ether oxygens (including phenoxy) is 1. The van der Waals surface area contributed by atoms with Gasteiger partial charge in [0.05, 0.1) is 15.6 Å². The molecule has 0 heterocycles. The standard InChI is InChI=1S/C19H17Cl2NO4/c1-3-18(24)22-16-9-13(5-4-11(16)2)19(25)26-10-17(23)12-6-7-14(20)15(21)8-12/h4-9H,3,10H2,1-2H3,(H,22,24). The molecule has 0 atom stereocenters. The summed E-state index contributed by atoms with van der Waals surface area (Å²) in [6.45, 7) is 3.12. The van der Waals surface area contributed by atoms with E-state index in [0.717, 1.165) is 5.56 Å². The topological polar surface area (TPSA) is 72.5 Å². The molecule has 2 rings (SSSR count). The zero-order chi connectivity index (χ0) is 19.3. The first-order valence-electron chi connectivity index (χ1n) is 7.87. The number of hydrogen-bond donors (Lipinski definition) is 1. The van der Waals surface area contributed by atoms with Crippen LogP contribution in [0.15, 0.2) is 36.4 Å². The lowest BCUT2D eigenvalue weighted by Crippen LogP contribution is -2.15. The molecule has 2 aromatic rings. The van der Waals surface area contributed by atoms with E-state index in [-0.39, 0.29) is 16.5 Å². The second kappa shape index (κ2) is 8.83. The predicted octanol–water partition coefficient (Wildman–Crippen LogP) is 4.69. The number of halogens is 2. The van der Waals surface area contributed by atoms with Crippen molar-refractivity contribution in [2.24, 2.45) is 0 Å². The van der Waals surface area contributed by atoms with E-state index in [1.807, 2.05) is 6.92 Å². The summed E-state index contributed by atoms with van der Waals surface area (Å²) in [7, 11) is 0. The van der Waals surface area contributed by atoms with Crippen LogP contribution in [0.4, 0.5) is 5.69 Å². The van der Waals surface area contributed by atoms with Gasteiger partial charge in [-0.15, -0.1) is 0 Å². The normalized spacial score (nSPS) is 10.3. The minimum Gasteiger partial charge on any atom is -0.454 e. The molecule has 0 unspecified atom stereocenters. The summed E-state index contributed by atoms with van der Waals surface area (Å²) in [6.07, 6.45) is 0.326. The zero-order valence-corrected chi connectivity index (χ0v) is 15.8. The number of nitrogens with one attached hydrogen (secondary N) is 1. The van der Waals surface area contributed by atoms with E-state index in [9.17, 15) is 14.4 Å². The van der Waals surface area contributed by atoms with E-state index < -0.39 is 18.4 Å². The van der Waals surface area contributed by atoms with Crippen LogP contribution >= 0.6 is 23.2 Å². The van der Waals surface area contributed by atoms with Crippen LogP contribution in [0.2, 0.25) is 10.0 Å². The van der Waals surface area contributed by atoms with Crippen molar-refractivity contribution < 1.29 is 19.1 Å². The Morgan fingerprint density at radius 2 is 1.69 bits per heavy atom. The van der Waals surface area contributed by atoms with Gasteiger partial charge in [-0.1, -0.05) is 36.2 Å². The average molecular weight is 394 g/mol. The Balaban J connectivity index is 2.05. The summed E-state index contributed by atoms with van der Waals surface area (Å²) in [5, 5.41) is 3.30. The monoisotopic (exact) mass is 393 g/mol. The lowest BCUT2D eigenvalue weighted by atomic mass is 10.1. The molecule has 136 valence electrons. The van der Waals surface area contributed by atoms with Gasteiger partial charge in [0, 0.05) is 17.7 Å². The second-order valence-corrected chi connectivity index (χ2v) is 6.37. The molecule has 0 aliphatic carbocycles. The van der Waals surface area contributed by atoms with Crippen molar-refractivity contribution in [1.29, 1.82) is 0 Å². The number of Topliss-reactive ketones (excluding diaryl/α,β-unsaturated/α-hetero) is 1. The van der Waals surface area contributed by atoms with Crippen LogP contribution in [0.1, 0.15) is 39.6 Å². The maximum Gasteiger partial charge on any atom is 0.338 e. The Hall–Kier alpha value is -2.37. The number of anilines is 1. The van der Waals surface area contributed by atoms with Gasteiger partial charge in [0.2, 0.25) is 5.91 Å². The van der Waals surface area contributed by atoms with Gasteiger partial charge < -0.3 is 10.1 Å². The molecule has 0 saturated heterocycles. The lowest BCUT2D eigenvalue weighted by Gasteiger charge is -2.10. The van der Waals surface area contributed by atoms with Gasteiger partial charge >= 0.3 is 5.97 Å². The van der Waals surface area contributed by atoms with Crippen LogP contribution in [0.3, 0.4) is 0 Å². The van der Waals surface area contributed by atoms with Gasteiger partial charge in [0.1, 0.15) is 0 Å². The van der Waals surface area contributed by atoms with Crippen molar-refractivity contribution in [2.45, 2.75) is 20.3 Å². The molecule has 0 spiro atoms. The summed E-state index contributed by atoms with van der Waals surface area (Å²) >= 11 is 11.7. The maximum atomic E-state index is 12.2. The van der Waals surface area contributed by atoms with E-state index in [4.69, 9.17) is 27.9 Å². The van der Waals surface area contributed by atoms with Crippen molar-refractivity contribution in [3.63, 3.8) is 0 Å². The number of carbonyl (C=O) groups excluding carboxylic acids is 3. The van der Waals surface area contributed by atoms with Crippen LogP contribution in [0, 0.1) is 6.92 Å². The van der Waals surface area contributed by atoms with E-state index in [1.54, 1.807) is 19.1 Å². The van der Waals surface area contributed by atoms with Crippen LogP contribution in [0.25, 0.3) is 0 Å². The fraction of sp³-hybridized carbons (Fsp3) is 0.211. The van der Waals surface area contributed by atoms with E-state index in [1.165, 1.54) is 24.3 Å². The summed E-state index contributed by atoms with van der Waals surface area (Å²) in [5.41, 5.74) is 1.88. The Morgan fingerprint density at radius 1 is 1.00 bits per heavy atom. The third-order valence-corrected chi connectivity index (χ3v) is 4.38. The molecule has 2 aromatic carbocycles. The largest absolute Gasteiger partial charge is 0.454 e. The molecular weight excluding hydrogens is 377 g/mol. The van der Waals surface area contributed by atoms with Gasteiger partial charge in [0.25, 0.3) is 0 Å². The number of esters is 1. The zero-order valence-electron chi connectivity index (χ0n) is 14.3. The maximum absolute atomic E-state index is 12.2. The smallest absolute Gasteiger partial charge is 0.338 e. The molecule has 1 amide bonds. The molecule has 0 aromatic heterocycles.